The molecule has 7 nitrogen and oxygen atoms in total. The number of halogens is 1. The topological polar surface area (TPSA) is 89.8 Å². The van der Waals surface area contributed by atoms with E-state index in [1.165, 1.54) is 35.6 Å². The van der Waals surface area contributed by atoms with Gasteiger partial charge in [0.05, 0.1) is 23.2 Å². The van der Waals surface area contributed by atoms with Crippen LogP contribution in [-0.4, -0.2) is 31.3 Å². The van der Waals surface area contributed by atoms with Gasteiger partial charge in [-0.25, -0.2) is 8.42 Å². The van der Waals surface area contributed by atoms with Crippen LogP contribution in [0, 0.1) is 10.1 Å². The Morgan fingerprint density at radius 3 is 2.63 bits per heavy atom. The molecular formula is C18H17BrN2O5S. The number of nitro groups is 1. The molecular weight excluding hydrogens is 436 g/mol. The molecule has 0 radical (unpaired) electrons. The van der Waals surface area contributed by atoms with Crippen LogP contribution in [-0.2, 0) is 20.4 Å². The summed E-state index contributed by atoms with van der Waals surface area (Å²) in [6, 6.07) is 10.6. The predicted molar refractivity (Wildman–Crippen MR) is 102 cm³/mol. The summed E-state index contributed by atoms with van der Waals surface area (Å²) in [5.41, 5.74) is 1.11. The summed E-state index contributed by atoms with van der Waals surface area (Å²) in [6.07, 6.45) is 1.81. The van der Waals surface area contributed by atoms with E-state index in [-0.39, 0.29) is 17.1 Å². The summed E-state index contributed by atoms with van der Waals surface area (Å²) in [5, 5.41) is 11.3. The van der Waals surface area contributed by atoms with Crippen LogP contribution in [0.3, 0.4) is 0 Å². The van der Waals surface area contributed by atoms with Crippen molar-refractivity contribution in [3.05, 3.63) is 68.2 Å². The maximum Gasteiger partial charge on any atom is 0.289 e. The minimum Gasteiger partial charge on any atom is -0.368 e. The molecule has 0 amide bonds. The first-order valence-electron chi connectivity index (χ1n) is 8.42. The number of benzene rings is 2. The summed E-state index contributed by atoms with van der Waals surface area (Å²) in [5.74, 6) is 0. The van der Waals surface area contributed by atoms with E-state index in [2.05, 4.69) is 15.9 Å². The third-order valence-corrected chi connectivity index (χ3v) is 7.65. The highest BCUT2D eigenvalue weighted by Gasteiger charge is 2.52. The Labute approximate surface area is 165 Å². The fourth-order valence-electron chi connectivity index (χ4n) is 3.60. The van der Waals surface area contributed by atoms with Gasteiger partial charge in [0.2, 0.25) is 10.0 Å². The quantitative estimate of drug-likeness (QED) is 0.520. The Kier molecular flexibility index (Phi) is 4.38. The van der Waals surface area contributed by atoms with Crippen molar-refractivity contribution in [1.29, 1.82) is 0 Å². The molecule has 1 saturated carbocycles. The van der Waals surface area contributed by atoms with Crippen molar-refractivity contribution in [2.75, 3.05) is 13.7 Å². The normalized spacial score (nSPS) is 20.5. The monoisotopic (exact) mass is 452 g/mol. The van der Waals surface area contributed by atoms with Crippen LogP contribution in [0.4, 0.5) is 5.69 Å². The lowest BCUT2D eigenvalue weighted by molar-refractivity contribution is -0.387. The van der Waals surface area contributed by atoms with E-state index in [0.717, 1.165) is 28.4 Å². The predicted octanol–water partition coefficient (Wildman–Crippen LogP) is 3.74. The molecule has 9 heteroatoms. The summed E-state index contributed by atoms with van der Waals surface area (Å²) in [4.78, 5) is 10.3. The molecule has 0 saturated heterocycles. The minimum absolute atomic E-state index is 0.213. The van der Waals surface area contributed by atoms with Crippen molar-refractivity contribution in [3.63, 3.8) is 0 Å². The number of likely N-dealkylation sites (N-methyl/N-ethyl adjacent to an activating group) is 1. The van der Waals surface area contributed by atoms with E-state index in [4.69, 9.17) is 4.74 Å². The van der Waals surface area contributed by atoms with Gasteiger partial charge < -0.3 is 4.74 Å². The molecule has 2 aromatic rings. The highest BCUT2D eigenvalue weighted by molar-refractivity contribution is 9.10. The van der Waals surface area contributed by atoms with E-state index >= 15 is 0 Å². The second-order valence-corrected chi connectivity index (χ2v) is 9.68. The molecule has 1 unspecified atom stereocenters. The molecule has 0 N–H and O–H groups in total. The fraction of sp³-hybridized carbons (Fsp3) is 0.333. The number of hydrogen-bond donors (Lipinski definition) is 0. The van der Waals surface area contributed by atoms with Crippen LogP contribution < -0.4 is 0 Å². The number of hydrogen-bond acceptors (Lipinski definition) is 5. The van der Waals surface area contributed by atoms with Gasteiger partial charge in [-0.05, 0) is 42.2 Å². The maximum absolute atomic E-state index is 13.2. The number of sulfonamides is 1. The largest absolute Gasteiger partial charge is 0.368 e. The Morgan fingerprint density at radius 2 is 1.96 bits per heavy atom. The molecule has 2 aromatic carbocycles. The van der Waals surface area contributed by atoms with E-state index in [0.29, 0.717) is 0 Å². The van der Waals surface area contributed by atoms with Gasteiger partial charge >= 0.3 is 0 Å². The van der Waals surface area contributed by atoms with Crippen LogP contribution in [0.2, 0.25) is 0 Å². The number of rotatable bonds is 4. The van der Waals surface area contributed by atoms with Gasteiger partial charge in [0.25, 0.3) is 5.69 Å². The molecule has 1 atom stereocenters. The van der Waals surface area contributed by atoms with Crippen molar-refractivity contribution in [3.8, 4) is 0 Å². The number of para-hydroxylation sites is 1. The van der Waals surface area contributed by atoms with E-state index in [1.54, 1.807) is 0 Å². The van der Waals surface area contributed by atoms with Crippen LogP contribution in [0.25, 0.3) is 0 Å². The van der Waals surface area contributed by atoms with E-state index < -0.39 is 26.7 Å². The first-order valence-corrected chi connectivity index (χ1v) is 10.6. The number of ether oxygens (including phenoxy) is 1. The highest BCUT2D eigenvalue weighted by Crippen LogP contribution is 2.55. The van der Waals surface area contributed by atoms with Gasteiger partial charge in [0.15, 0.2) is 4.90 Å². The minimum atomic E-state index is -4.08. The van der Waals surface area contributed by atoms with Crippen molar-refractivity contribution in [2.24, 2.45) is 0 Å². The lowest BCUT2D eigenvalue weighted by atomic mass is 9.93. The first kappa shape index (κ1) is 18.5. The van der Waals surface area contributed by atoms with Crippen molar-refractivity contribution in [2.45, 2.75) is 29.4 Å². The lowest BCUT2D eigenvalue weighted by Crippen LogP contribution is -2.39. The van der Waals surface area contributed by atoms with Crippen LogP contribution in [0.15, 0.2) is 51.8 Å². The van der Waals surface area contributed by atoms with Gasteiger partial charge in [0.1, 0.15) is 0 Å². The summed E-state index contributed by atoms with van der Waals surface area (Å²) >= 11 is 3.47. The molecule has 4 rings (SSSR count). The van der Waals surface area contributed by atoms with E-state index in [9.17, 15) is 18.5 Å². The molecule has 2 aliphatic rings. The number of fused-ring (bicyclic) bond motifs is 2. The molecule has 0 bridgehead atoms. The zero-order valence-corrected chi connectivity index (χ0v) is 16.9. The van der Waals surface area contributed by atoms with Gasteiger partial charge in [-0.15, -0.1) is 0 Å². The van der Waals surface area contributed by atoms with E-state index in [1.807, 2.05) is 18.2 Å². The standard InChI is InChI=1S/C18H17BrN2O5S/c1-20(27(24,25)17-5-3-2-4-15(17)21(22)23)16-11-26-18(8-9-18)14-10-12(19)6-7-13(14)16/h2-7,10,16H,8-9,11H2,1H3. The number of nitrogens with zero attached hydrogens (tertiary/aromatic N) is 2. The number of nitro benzene ring substituents is 1. The molecule has 27 heavy (non-hydrogen) atoms. The van der Waals surface area contributed by atoms with Crippen LogP contribution in [0.5, 0.6) is 0 Å². The van der Waals surface area contributed by atoms with Gasteiger partial charge in [-0.3, -0.25) is 10.1 Å². The van der Waals surface area contributed by atoms with Crippen LogP contribution in [0.1, 0.15) is 30.0 Å². The third kappa shape index (κ3) is 2.98. The van der Waals surface area contributed by atoms with Gasteiger partial charge in [-0.1, -0.05) is 34.1 Å². The summed E-state index contributed by atoms with van der Waals surface area (Å²) in [6.45, 7) is 0.213. The average molecular weight is 453 g/mol. The molecule has 1 aliphatic carbocycles. The summed E-state index contributed by atoms with van der Waals surface area (Å²) < 4.78 is 34.5. The maximum atomic E-state index is 13.2. The SMILES string of the molecule is CN(C1COC2(CC2)c2cc(Br)ccc21)S(=O)(=O)c1ccccc1[N+](=O)[O-]. The lowest BCUT2D eigenvalue weighted by Gasteiger charge is -2.36. The average Bonchev–Trinajstić information content (AvgIpc) is 3.42. The zero-order valence-electron chi connectivity index (χ0n) is 14.5. The smallest absolute Gasteiger partial charge is 0.289 e. The second-order valence-electron chi connectivity index (χ2n) is 6.80. The van der Waals surface area contributed by atoms with Crippen molar-refractivity contribution in [1.82, 2.24) is 4.31 Å². The molecule has 1 aliphatic heterocycles. The Balaban J connectivity index is 1.78. The zero-order chi connectivity index (χ0) is 19.4. The molecule has 1 heterocycles. The Morgan fingerprint density at radius 1 is 1.26 bits per heavy atom. The Bertz CT molecular complexity index is 1040. The van der Waals surface area contributed by atoms with Crippen LogP contribution >= 0.6 is 15.9 Å². The molecule has 142 valence electrons. The highest BCUT2D eigenvalue weighted by atomic mass is 79.9. The molecule has 1 fully saturated rings. The van der Waals surface area contributed by atoms with Crippen molar-refractivity contribution < 1.29 is 18.1 Å². The molecule has 0 aromatic heterocycles. The molecule has 1 spiro atoms. The first-order chi connectivity index (χ1) is 12.8. The summed E-state index contributed by atoms with van der Waals surface area (Å²) in [7, 11) is -2.64. The fourth-order valence-corrected chi connectivity index (χ4v) is 5.43. The van der Waals surface area contributed by atoms with Gasteiger partial charge in [0, 0.05) is 17.6 Å². The van der Waals surface area contributed by atoms with Gasteiger partial charge in [-0.2, -0.15) is 4.31 Å². The third-order valence-electron chi connectivity index (χ3n) is 5.24. The van der Waals surface area contributed by atoms with Crippen molar-refractivity contribution >= 4 is 31.6 Å². The second kappa shape index (κ2) is 6.37. The Hall–Kier alpha value is -1.81.